The van der Waals surface area contributed by atoms with Crippen molar-refractivity contribution in [1.29, 1.82) is 0 Å². The molecular weight excluding hydrogens is 306 g/mol. The van der Waals surface area contributed by atoms with E-state index in [0.29, 0.717) is 10.6 Å². The third-order valence-electron chi connectivity index (χ3n) is 3.96. The zero-order valence-corrected chi connectivity index (χ0v) is 13.7. The molecule has 21 heavy (non-hydrogen) atoms. The van der Waals surface area contributed by atoms with Gasteiger partial charge in [-0.05, 0) is 30.8 Å². The van der Waals surface area contributed by atoms with Gasteiger partial charge in [0.25, 0.3) is 0 Å². The smallest absolute Gasteiger partial charge is 0.244 e. The van der Waals surface area contributed by atoms with Crippen LogP contribution < -0.4 is 5.32 Å². The number of fused-ring (bicyclic) bond motifs is 1. The van der Waals surface area contributed by atoms with Crippen LogP contribution in [0.2, 0.25) is 5.15 Å². The first-order valence-corrected chi connectivity index (χ1v) is 8.30. The van der Waals surface area contributed by atoms with Crippen molar-refractivity contribution in [3.8, 4) is 0 Å². The third-order valence-corrected chi connectivity index (χ3v) is 5.00. The fourth-order valence-corrected chi connectivity index (χ4v) is 3.89. The molecule has 2 heterocycles. The maximum Gasteiger partial charge on any atom is 0.244 e. The quantitative estimate of drug-likeness (QED) is 0.874. The number of nitrogens with zero attached hydrogens (tertiary/aromatic N) is 2. The Morgan fingerprint density at radius 3 is 3.14 bits per heavy atom. The van der Waals surface area contributed by atoms with Crippen molar-refractivity contribution >= 4 is 39.9 Å². The summed E-state index contributed by atoms with van der Waals surface area (Å²) in [5, 5.41) is 5.43. The fraction of sp³-hybridized carbons (Fsp3) is 0.467. The van der Waals surface area contributed by atoms with Gasteiger partial charge in [-0.15, -0.1) is 11.3 Å². The average Bonchev–Trinajstić information content (AvgIpc) is 3.03. The summed E-state index contributed by atoms with van der Waals surface area (Å²) >= 11 is 7.61. The summed E-state index contributed by atoms with van der Waals surface area (Å²) in [5.41, 5.74) is 1.08. The van der Waals surface area contributed by atoms with E-state index in [1.807, 2.05) is 16.0 Å². The maximum atomic E-state index is 12.0. The number of thiazole rings is 1. The Bertz CT molecular complexity index is 701. The molecule has 1 atom stereocenters. The standard InChI is InChI=1S/C15H18ClN3OS/c1-15(2)6-5-10(9-15)17-12(20)4-3-11-13(16)18-14-19(11)7-8-21-14/h3-4,7-8,10H,5-6,9H2,1-2H3,(H,17,20)/b4-3+. The van der Waals surface area contributed by atoms with E-state index >= 15 is 0 Å². The van der Waals surface area contributed by atoms with E-state index in [1.54, 1.807) is 12.2 Å². The van der Waals surface area contributed by atoms with E-state index in [1.165, 1.54) is 11.3 Å². The van der Waals surface area contributed by atoms with Gasteiger partial charge in [-0.25, -0.2) is 4.98 Å². The van der Waals surface area contributed by atoms with Crippen LogP contribution in [0.5, 0.6) is 0 Å². The average molecular weight is 324 g/mol. The van der Waals surface area contributed by atoms with Crippen molar-refractivity contribution in [3.63, 3.8) is 0 Å². The SMILES string of the molecule is CC1(C)CCC(NC(=O)/C=C/c2c(Cl)nc3sccn23)C1. The molecule has 0 spiro atoms. The van der Waals surface area contributed by atoms with Gasteiger partial charge in [-0.1, -0.05) is 25.4 Å². The van der Waals surface area contributed by atoms with Crippen molar-refractivity contribution in [2.45, 2.75) is 39.2 Å². The number of aromatic nitrogens is 2. The van der Waals surface area contributed by atoms with Crippen molar-refractivity contribution in [2.24, 2.45) is 5.41 Å². The minimum absolute atomic E-state index is 0.0704. The van der Waals surface area contributed by atoms with Gasteiger partial charge >= 0.3 is 0 Å². The largest absolute Gasteiger partial charge is 0.350 e. The van der Waals surface area contributed by atoms with Crippen molar-refractivity contribution in [3.05, 3.63) is 28.5 Å². The second-order valence-corrected chi connectivity index (χ2v) is 7.52. The summed E-state index contributed by atoms with van der Waals surface area (Å²) in [7, 11) is 0. The number of rotatable bonds is 3. The van der Waals surface area contributed by atoms with Crippen LogP contribution in [-0.4, -0.2) is 21.3 Å². The van der Waals surface area contributed by atoms with E-state index in [9.17, 15) is 4.79 Å². The lowest BCUT2D eigenvalue weighted by molar-refractivity contribution is -0.117. The number of carbonyl (C=O) groups is 1. The number of carbonyl (C=O) groups excluding carboxylic acids is 1. The van der Waals surface area contributed by atoms with Gasteiger partial charge in [0.15, 0.2) is 10.1 Å². The number of nitrogens with one attached hydrogen (secondary N) is 1. The molecule has 112 valence electrons. The van der Waals surface area contributed by atoms with Crippen molar-refractivity contribution in [2.75, 3.05) is 0 Å². The highest BCUT2D eigenvalue weighted by Gasteiger charge is 2.31. The molecule has 1 aliphatic rings. The van der Waals surface area contributed by atoms with Gasteiger partial charge in [0, 0.05) is 23.7 Å². The molecule has 1 unspecified atom stereocenters. The first kappa shape index (κ1) is 14.6. The molecule has 1 aliphatic carbocycles. The van der Waals surface area contributed by atoms with E-state index in [2.05, 4.69) is 24.1 Å². The van der Waals surface area contributed by atoms with E-state index in [4.69, 9.17) is 11.6 Å². The van der Waals surface area contributed by atoms with E-state index < -0.39 is 0 Å². The van der Waals surface area contributed by atoms with Crippen molar-refractivity contribution < 1.29 is 4.79 Å². The molecule has 0 radical (unpaired) electrons. The molecule has 0 aliphatic heterocycles. The highest BCUT2D eigenvalue weighted by Crippen LogP contribution is 2.36. The van der Waals surface area contributed by atoms with Crippen LogP contribution in [0, 0.1) is 5.41 Å². The highest BCUT2D eigenvalue weighted by atomic mass is 35.5. The monoisotopic (exact) mass is 323 g/mol. The molecule has 1 N–H and O–H groups in total. The van der Waals surface area contributed by atoms with Crippen LogP contribution >= 0.6 is 22.9 Å². The van der Waals surface area contributed by atoms with Crippen LogP contribution in [-0.2, 0) is 4.79 Å². The predicted molar refractivity (Wildman–Crippen MR) is 86.7 cm³/mol. The highest BCUT2D eigenvalue weighted by molar-refractivity contribution is 7.15. The zero-order valence-electron chi connectivity index (χ0n) is 12.1. The number of amides is 1. The van der Waals surface area contributed by atoms with Crippen LogP contribution in [0.3, 0.4) is 0 Å². The Kier molecular flexibility index (Phi) is 3.80. The van der Waals surface area contributed by atoms with Gasteiger partial charge < -0.3 is 5.32 Å². The zero-order chi connectivity index (χ0) is 15.0. The maximum absolute atomic E-state index is 12.0. The number of hydrogen-bond acceptors (Lipinski definition) is 3. The minimum Gasteiger partial charge on any atom is -0.350 e. The number of halogens is 1. The lowest BCUT2D eigenvalue weighted by Gasteiger charge is -2.17. The van der Waals surface area contributed by atoms with Crippen LogP contribution in [0.15, 0.2) is 17.7 Å². The van der Waals surface area contributed by atoms with Gasteiger partial charge in [-0.2, -0.15) is 0 Å². The van der Waals surface area contributed by atoms with E-state index in [-0.39, 0.29) is 11.9 Å². The van der Waals surface area contributed by atoms with Gasteiger partial charge in [0.2, 0.25) is 5.91 Å². The summed E-state index contributed by atoms with van der Waals surface area (Å²) in [4.78, 5) is 17.1. The molecule has 1 saturated carbocycles. The van der Waals surface area contributed by atoms with Crippen LogP contribution in [0.25, 0.3) is 11.0 Å². The summed E-state index contributed by atoms with van der Waals surface area (Å²) in [6.07, 6.45) is 8.41. The molecule has 6 heteroatoms. The molecule has 1 fully saturated rings. The van der Waals surface area contributed by atoms with E-state index in [0.717, 1.165) is 29.9 Å². The molecular formula is C15H18ClN3OS. The molecule has 0 aromatic carbocycles. The Balaban J connectivity index is 1.67. The lowest BCUT2D eigenvalue weighted by Crippen LogP contribution is -2.32. The predicted octanol–water partition coefficient (Wildman–Crippen LogP) is 3.76. The number of hydrogen-bond donors (Lipinski definition) is 1. The fourth-order valence-electron chi connectivity index (χ4n) is 2.89. The molecule has 4 nitrogen and oxygen atoms in total. The molecule has 2 aromatic heterocycles. The van der Waals surface area contributed by atoms with Gasteiger partial charge in [0.1, 0.15) is 0 Å². The summed E-state index contributed by atoms with van der Waals surface area (Å²) < 4.78 is 1.88. The van der Waals surface area contributed by atoms with Crippen LogP contribution in [0.4, 0.5) is 0 Å². The summed E-state index contributed by atoms with van der Waals surface area (Å²) in [6.45, 7) is 4.49. The minimum atomic E-state index is -0.0704. The topological polar surface area (TPSA) is 46.4 Å². The first-order valence-electron chi connectivity index (χ1n) is 7.04. The first-order chi connectivity index (χ1) is 9.94. The summed E-state index contributed by atoms with van der Waals surface area (Å²) in [5.74, 6) is -0.0704. The second-order valence-electron chi connectivity index (χ2n) is 6.29. The molecule has 1 amide bonds. The van der Waals surface area contributed by atoms with Crippen LogP contribution in [0.1, 0.15) is 38.8 Å². The Morgan fingerprint density at radius 1 is 1.62 bits per heavy atom. The Hall–Kier alpha value is -1.33. The second kappa shape index (κ2) is 5.46. The molecule has 0 saturated heterocycles. The normalized spacial score (nSPS) is 21.4. The lowest BCUT2D eigenvalue weighted by atomic mass is 9.92. The molecule has 0 bridgehead atoms. The molecule has 3 rings (SSSR count). The summed E-state index contributed by atoms with van der Waals surface area (Å²) in [6, 6.07) is 0.277. The van der Waals surface area contributed by atoms with Gasteiger partial charge in [-0.3, -0.25) is 9.20 Å². The third kappa shape index (κ3) is 3.14. The van der Waals surface area contributed by atoms with Crippen molar-refractivity contribution in [1.82, 2.24) is 14.7 Å². The number of imidazole rings is 1. The molecule has 2 aromatic rings. The Morgan fingerprint density at radius 2 is 2.43 bits per heavy atom. The van der Waals surface area contributed by atoms with Gasteiger partial charge in [0.05, 0.1) is 5.69 Å². The Labute approximate surface area is 132 Å².